The Morgan fingerprint density at radius 1 is 0.270 bits per heavy atom. The molecule has 0 aliphatic heterocycles. The number of nitrogens with zero attached hydrogens (tertiary/aromatic N) is 2. The van der Waals surface area contributed by atoms with Gasteiger partial charge in [-0.2, -0.15) is 0 Å². The summed E-state index contributed by atoms with van der Waals surface area (Å²) in [6.45, 7) is 0. The molecule has 63 heavy (non-hydrogen) atoms. The number of fused-ring (bicyclic) bond motifs is 9. The van der Waals surface area contributed by atoms with Gasteiger partial charge >= 0.3 is 0 Å². The third kappa shape index (κ3) is 6.38. The molecule has 0 amide bonds. The van der Waals surface area contributed by atoms with E-state index in [-0.39, 0.29) is 0 Å². The van der Waals surface area contributed by atoms with Gasteiger partial charge in [-0.25, -0.2) is 0 Å². The first-order chi connectivity index (χ1) is 31.2. The van der Waals surface area contributed by atoms with Crippen molar-refractivity contribution in [2.45, 2.75) is 0 Å². The molecular weight excluding hydrogens is 765 g/mol. The molecule has 12 aromatic rings. The maximum Gasteiger partial charge on any atom is 0.143 e. The summed E-state index contributed by atoms with van der Waals surface area (Å²) < 4.78 is 7.00. The van der Waals surface area contributed by atoms with Crippen LogP contribution in [0.25, 0.3) is 76.5 Å². The van der Waals surface area contributed by atoms with Crippen LogP contribution in [0.15, 0.2) is 247 Å². The van der Waals surface area contributed by atoms with Gasteiger partial charge in [0.25, 0.3) is 0 Å². The molecule has 12 rings (SSSR count). The Morgan fingerprint density at radius 3 is 1.46 bits per heavy atom. The van der Waals surface area contributed by atoms with E-state index < -0.39 is 0 Å². The minimum Gasteiger partial charge on any atom is -0.455 e. The molecule has 0 aliphatic carbocycles. The minimum absolute atomic E-state index is 0.860. The quantitative estimate of drug-likeness (QED) is 0.143. The zero-order chi connectivity index (χ0) is 41.7. The zero-order valence-electron chi connectivity index (χ0n) is 34.4. The monoisotopic (exact) mass is 804 g/mol. The Kier molecular flexibility index (Phi) is 8.83. The number of rotatable bonds is 8. The zero-order valence-corrected chi connectivity index (χ0v) is 34.4. The van der Waals surface area contributed by atoms with Crippen LogP contribution < -0.4 is 9.80 Å². The van der Waals surface area contributed by atoms with Crippen molar-refractivity contribution in [1.82, 2.24) is 0 Å². The van der Waals surface area contributed by atoms with Crippen molar-refractivity contribution in [3.8, 4) is 22.3 Å². The highest BCUT2D eigenvalue weighted by Gasteiger charge is 2.21. The van der Waals surface area contributed by atoms with Crippen molar-refractivity contribution in [1.29, 1.82) is 0 Å². The molecule has 296 valence electrons. The van der Waals surface area contributed by atoms with Crippen LogP contribution in [0.3, 0.4) is 0 Å². The lowest BCUT2D eigenvalue weighted by atomic mass is 9.94. The Hall–Kier alpha value is -8.40. The summed E-state index contributed by atoms with van der Waals surface area (Å²) in [5.41, 5.74) is 13.0. The molecule has 0 N–H and O–H groups in total. The predicted molar refractivity (Wildman–Crippen MR) is 266 cm³/mol. The van der Waals surface area contributed by atoms with Gasteiger partial charge in [-0.15, -0.1) is 0 Å². The number of hydrogen-bond acceptors (Lipinski definition) is 3. The fourth-order valence-electron chi connectivity index (χ4n) is 9.43. The van der Waals surface area contributed by atoms with Gasteiger partial charge in [0.2, 0.25) is 0 Å². The van der Waals surface area contributed by atoms with Crippen molar-refractivity contribution < 1.29 is 4.42 Å². The van der Waals surface area contributed by atoms with E-state index in [1.807, 2.05) is 0 Å². The van der Waals surface area contributed by atoms with E-state index in [9.17, 15) is 0 Å². The number of para-hydroxylation sites is 2. The van der Waals surface area contributed by atoms with Crippen LogP contribution in [0, 0.1) is 0 Å². The van der Waals surface area contributed by atoms with Gasteiger partial charge in [0.1, 0.15) is 11.2 Å². The van der Waals surface area contributed by atoms with E-state index >= 15 is 0 Å². The molecule has 0 bridgehead atoms. The number of hydrogen-bond donors (Lipinski definition) is 0. The number of benzene rings is 11. The van der Waals surface area contributed by atoms with Crippen LogP contribution in [0.5, 0.6) is 0 Å². The topological polar surface area (TPSA) is 19.6 Å². The average Bonchev–Trinajstić information content (AvgIpc) is 3.75. The predicted octanol–water partition coefficient (Wildman–Crippen LogP) is 17.3. The van der Waals surface area contributed by atoms with Crippen molar-refractivity contribution in [2.75, 3.05) is 9.80 Å². The van der Waals surface area contributed by atoms with Gasteiger partial charge in [-0.3, -0.25) is 0 Å². The normalized spacial score (nSPS) is 11.5. The second-order valence-corrected chi connectivity index (χ2v) is 16.1. The first-order valence-electron chi connectivity index (χ1n) is 21.5. The highest BCUT2D eigenvalue weighted by Crippen LogP contribution is 2.45. The van der Waals surface area contributed by atoms with Crippen LogP contribution in [-0.2, 0) is 0 Å². The molecule has 0 saturated carbocycles. The summed E-state index contributed by atoms with van der Waals surface area (Å²) in [7, 11) is 0. The highest BCUT2D eigenvalue weighted by molar-refractivity contribution is 6.30. The molecule has 0 atom stereocenters. The molecule has 0 spiro atoms. The third-order valence-electron chi connectivity index (χ3n) is 12.4. The number of furan rings is 1. The first kappa shape index (κ1) is 36.5. The maximum atomic E-state index is 7.00. The van der Waals surface area contributed by atoms with E-state index in [1.165, 1.54) is 38.1 Å². The molecular formula is C60H40N2O. The van der Waals surface area contributed by atoms with Gasteiger partial charge in [0.05, 0.1) is 5.69 Å². The van der Waals surface area contributed by atoms with Crippen LogP contribution in [0.2, 0.25) is 0 Å². The second-order valence-electron chi connectivity index (χ2n) is 16.1. The second kappa shape index (κ2) is 15.3. The standard InChI is InChI=1S/C60H40N2O/c1-4-15-41(16-5-1)42-27-32-48(33-28-42)61(46-19-6-2-7-20-46)49-34-29-43(30-35-49)45-31-37-54-56(39-45)52-24-12-13-25-53(52)59-55-38-36-50(40-58(55)63-60(54)59)62(47-21-8-3-9-22-47)57-26-14-18-44-17-10-11-23-51(44)57/h1-40H. The number of anilines is 6. The van der Waals surface area contributed by atoms with Crippen LogP contribution in [0.1, 0.15) is 0 Å². The average molecular weight is 805 g/mol. The molecule has 3 heteroatoms. The summed E-state index contributed by atoms with van der Waals surface area (Å²) in [6.07, 6.45) is 0. The van der Waals surface area contributed by atoms with Gasteiger partial charge in [-0.1, -0.05) is 158 Å². The first-order valence-corrected chi connectivity index (χ1v) is 21.5. The van der Waals surface area contributed by atoms with Crippen molar-refractivity contribution in [3.05, 3.63) is 243 Å². The maximum absolute atomic E-state index is 7.00. The lowest BCUT2D eigenvalue weighted by Gasteiger charge is -2.26. The molecule has 11 aromatic carbocycles. The Bertz CT molecular complexity index is 3590. The Morgan fingerprint density at radius 2 is 0.762 bits per heavy atom. The van der Waals surface area contributed by atoms with Crippen molar-refractivity contribution in [2.24, 2.45) is 0 Å². The molecule has 1 heterocycles. The van der Waals surface area contributed by atoms with Gasteiger partial charge in [-0.05, 0) is 123 Å². The SMILES string of the molecule is c1ccc(-c2ccc(N(c3ccccc3)c3ccc(-c4ccc5c(c4)c4ccccc4c4c6ccc(N(c7ccccc7)c7cccc8ccccc78)cc6oc54)cc3)cc2)cc1. The van der Waals surface area contributed by atoms with E-state index in [4.69, 9.17) is 4.42 Å². The highest BCUT2D eigenvalue weighted by atomic mass is 16.3. The van der Waals surface area contributed by atoms with Gasteiger partial charge in [0.15, 0.2) is 0 Å². The molecule has 3 nitrogen and oxygen atoms in total. The summed E-state index contributed by atoms with van der Waals surface area (Å²) in [4.78, 5) is 4.65. The van der Waals surface area contributed by atoms with E-state index in [1.54, 1.807) is 0 Å². The Balaban J connectivity index is 0.950. The summed E-state index contributed by atoms with van der Waals surface area (Å²) in [6, 6.07) is 86.8. The van der Waals surface area contributed by atoms with Crippen LogP contribution >= 0.6 is 0 Å². The fraction of sp³-hybridized carbons (Fsp3) is 0. The van der Waals surface area contributed by atoms with E-state index in [2.05, 4.69) is 252 Å². The molecule has 1 aromatic heterocycles. The molecule has 0 aliphatic rings. The third-order valence-corrected chi connectivity index (χ3v) is 12.4. The summed E-state index contributed by atoms with van der Waals surface area (Å²) in [5, 5.41) is 9.31. The van der Waals surface area contributed by atoms with Crippen molar-refractivity contribution in [3.63, 3.8) is 0 Å². The van der Waals surface area contributed by atoms with E-state index in [0.29, 0.717) is 0 Å². The lowest BCUT2D eigenvalue weighted by molar-refractivity contribution is 0.673. The lowest BCUT2D eigenvalue weighted by Crippen LogP contribution is -2.10. The smallest absolute Gasteiger partial charge is 0.143 e. The minimum atomic E-state index is 0.860. The van der Waals surface area contributed by atoms with Crippen molar-refractivity contribution >= 4 is 88.4 Å². The molecule has 0 unspecified atom stereocenters. The molecule has 0 saturated heterocycles. The van der Waals surface area contributed by atoms with Crippen LogP contribution in [-0.4, -0.2) is 0 Å². The molecule has 0 fully saturated rings. The fourth-order valence-corrected chi connectivity index (χ4v) is 9.43. The van der Waals surface area contributed by atoms with Crippen LogP contribution in [0.4, 0.5) is 34.1 Å². The largest absolute Gasteiger partial charge is 0.455 e. The summed E-state index contributed by atoms with van der Waals surface area (Å²) in [5.74, 6) is 0. The van der Waals surface area contributed by atoms with Gasteiger partial charge in [0, 0.05) is 56.0 Å². The summed E-state index contributed by atoms with van der Waals surface area (Å²) >= 11 is 0. The Labute approximate surface area is 365 Å². The van der Waals surface area contributed by atoms with Gasteiger partial charge < -0.3 is 14.2 Å². The molecule has 0 radical (unpaired) electrons. The van der Waals surface area contributed by atoms with E-state index in [0.717, 1.165) is 72.6 Å².